The van der Waals surface area contributed by atoms with Gasteiger partial charge < -0.3 is 63.2 Å². The molecular formula is C46H68N10O12. The fourth-order valence-electron chi connectivity index (χ4n) is 6.89. The maximum absolute atomic E-state index is 13.8. The van der Waals surface area contributed by atoms with Crippen molar-refractivity contribution in [3.8, 4) is 0 Å². The summed E-state index contributed by atoms with van der Waals surface area (Å²) in [7, 11) is 2.81. The van der Waals surface area contributed by atoms with E-state index in [0.717, 1.165) is 16.0 Å². The first-order chi connectivity index (χ1) is 31.9. The van der Waals surface area contributed by atoms with Gasteiger partial charge in [-0.2, -0.15) is 0 Å². The second-order valence-electron chi connectivity index (χ2n) is 16.8. The van der Waals surface area contributed by atoms with Gasteiger partial charge in [0.05, 0.1) is 24.0 Å². The van der Waals surface area contributed by atoms with Crippen molar-refractivity contribution in [2.24, 2.45) is 34.2 Å². The minimum Gasteiger partial charge on any atom is -0.480 e. The average Bonchev–Trinajstić information content (AvgIpc) is 3.28. The lowest BCUT2D eigenvalue weighted by Crippen LogP contribution is -2.58. The van der Waals surface area contributed by atoms with Crippen LogP contribution in [0.25, 0.3) is 0 Å². The van der Waals surface area contributed by atoms with Crippen LogP contribution in [0.5, 0.6) is 0 Å². The topological polar surface area (TPSA) is 343 Å². The number of rotatable bonds is 13. The zero-order valence-corrected chi connectivity index (χ0v) is 39.9. The number of methoxy groups -OCH3 is 1. The standard InChI is InChI=1S/C46H68N10O12/c1-24(22-25(2)35(68-9)23-31-14-11-10-12-15-31)17-18-32-26(3)38(58)54-34(44(64)65)19-20-36(57)56(8)30(7)42(62)51-29(6)41(61)53-33(16-13-21-49-46(47)48)43(63)55-37(45(66)67)27(4)39(59)50-28(5)40(60)52-32/h10-12,14-15,17-18,22,25-29,32-35,37H,7,13,16,19-21,23H2,1-6,8-9H3,(H,50,59)(H,51,62)(H,52,60)(H,53,61)(H,54,58)(H,55,63)(H,64,65)(H,66,67)(H4,47,48,49). The lowest BCUT2D eigenvalue weighted by molar-refractivity contribution is -0.146. The van der Waals surface area contributed by atoms with Crippen molar-refractivity contribution in [1.82, 2.24) is 36.8 Å². The summed E-state index contributed by atoms with van der Waals surface area (Å²) in [5, 5.41) is 34.9. The molecule has 1 aliphatic rings. The van der Waals surface area contributed by atoms with Gasteiger partial charge in [-0.3, -0.25) is 38.6 Å². The quantitative estimate of drug-likeness (QED) is 0.0396. The van der Waals surface area contributed by atoms with Crippen LogP contribution in [0, 0.1) is 17.8 Å². The number of hydrogen-bond acceptors (Lipinski definition) is 11. The van der Waals surface area contributed by atoms with Crippen LogP contribution in [-0.2, 0) is 54.3 Å². The number of amides is 7. The average molecular weight is 953 g/mol. The van der Waals surface area contributed by atoms with E-state index in [2.05, 4.69) is 43.5 Å². The number of aliphatic imine (C=N–C) groups is 1. The molecule has 7 amide bonds. The smallest absolute Gasteiger partial charge is 0.327 e. The maximum atomic E-state index is 13.8. The highest BCUT2D eigenvalue weighted by Gasteiger charge is 2.36. The molecule has 1 aromatic rings. The number of allylic oxidation sites excluding steroid dienone is 2. The molecule has 0 saturated carbocycles. The van der Waals surface area contributed by atoms with Crippen molar-refractivity contribution in [3.63, 3.8) is 0 Å². The SMILES string of the molecule is C=C1C(=O)NC(C)C(=O)NC(CCCN=C(N)N)C(=O)NC(C(=O)O)C(C)C(=O)NC(C)C(=O)NC(C=CC(C)=CC(C)C(Cc2ccccc2)OC)C(C)C(=O)NC(C(=O)O)CCC(=O)N1C. The van der Waals surface area contributed by atoms with Gasteiger partial charge in [0.15, 0.2) is 5.96 Å². The number of hydrogen-bond donors (Lipinski definition) is 10. The highest BCUT2D eigenvalue weighted by Crippen LogP contribution is 2.18. The normalized spacial score (nSPS) is 25.8. The molecule has 22 nitrogen and oxygen atoms in total. The summed E-state index contributed by atoms with van der Waals surface area (Å²) in [6.45, 7) is 12.6. The molecule has 1 heterocycles. The van der Waals surface area contributed by atoms with Gasteiger partial charge in [0.25, 0.3) is 5.91 Å². The predicted octanol–water partition coefficient (Wildman–Crippen LogP) is -0.408. The zero-order chi connectivity index (χ0) is 51.4. The van der Waals surface area contributed by atoms with Gasteiger partial charge in [-0.25, -0.2) is 9.59 Å². The van der Waals surface area contributed by atoms with E-state index in [-0.39, 0.29) is 37.4 Å². The van der Waals surface area contributed by atoms with Crippen LogP contribution < -0.4 is 43.4 Å². The Balaban J connectivity index is 2.59. The van der Waals surface area contributed by atoms with Gasteiger partial charge in [0.1, 0.15) is 35.9 Å². The molecule has 2 rings (SSSR count). The molecule has 1 saturated heterocycles. The van der Waals surface area contributed by atoms with Crippen molar-refractivity contribution in [1.29, 1.82) is 0 Å². The molecule has 1 fully saturated rings. The van der Waals surface area contributed by atoms with E-state index in [1.165, 1.54) is 40.8 Å². The Morgan fingerprint density at radius 2 is 1.46 bits per heavy atom. The number of guanidine groups is 1. The number of nitrogens with one attached hydrogen (secondary N) is 6. The van der Waals surface area contributed by atoms with Crippen LogP contribution >= 0.6 is 0 Å². The van der Waals surface area contributed by atoms with Crippen molar-refractivity contribution < 1.29 is 58.1 Å². The Kier molecular flexibility index (Phi) is 23.1. The first-order valence-electron chi connectivity index (χ1n) is 22.1. The highest BCUT2D eigenvalue weighted by molar-refractivity contribution is 6.00. The van der Waals surface area contributed by atoms with E-state index in [9.17, 15) is 53.4 Å². The summed E-state index contributed by atoms with van der Waals surface area (Å²) in [5.41, 5.74) is 12.2. The van der Waals surface area contributed by atoms with E-state index >= 15 is 0 Å². The number of aliphatic carboxylic acids is 2. The number of carbonyl (C=O) groups is 9. The Labute approximate surface area is 396 Å². The number of carbonyl (C=O) groups excluding carboxylic acids is 7. The molecule has 374 valence electrons. The number of nitrogens with two attached hydrogens (primary N) is 2. The molecule has 0 aromatic heterocycles. The molecule has 1 aliphatic heterocycles. The fraction of sp³-hybridized carbons (Fsp3) is 0.522. The minimum absolute atomic E-state index is 0.0158. The predicted molar refractivity (Wildman–Crippen MR) is 251 cm³/mol. The van der Waals surface area contributed by atoms with Crippen molar-refractivity contribution >= 4 is 59.2 Å². The van der Waals surface area contributed by atoms with Crippen LogP contribution in [0.4, 0.5) is 0 Å². The highest BCUT2D eigenvalue weighted by atomic mass is 16.5. The van der Waals surface area contributed by atoms with Crippen molar-refractivity contribution in [3.05, 3.63) is 72.0 Å². The molecule has 22 heteroatoms. The molecule has 0 bridgehead atoms. The van der Waals surface area contributed by atoms with Crippen LogP contribution in [0.1, 0.15) is 72.8 Å². The van der Waals surface area contributed by atoms with Crippen LogP contribution in [0.15, 0.2) is 71.4 Å². The molecular weight excluding hydrogens is 885 g/mol. The molecule has 12 N–H and O–H groups in total. The van der Waals surface area contributed by atoms with Gasteiger partial charge >= 0.3 is 11.9 Å². The Hall–Kier alpha value is -7.10. The van der Waals surface area contributed by atoms with E-state index in [1.807, 2.05) is 43.3 Å². The van der Waals surface area contributed by atoms with Gasteiger partial charge in [0, 0.05) is 33.0 Å². The molecule has 1 aromatic carbocycles. The molecule has 10 atom stereocenters. The number of likely N-dealkylation sites (N-methyl/N-ethyl adjacent to an activating group) is 1. The number of benzene rings is 1. The Bertz CT molecular complexity index is 2090. The van der Waals surface area contributed by atoms with Gasteiger partial charge in [-0.05, 0) is 52.0 Å². The number of carboxylic acid groups (broad SMARTS) is 2. The maximum Gasteiger partial charge on any atom is 0.327 e. The third-order valence-electron chi connectivity index (χ3n) is 11.4. The summed E-state index contributed by atoms with van der Waals surface area (Å²) in [4.78, 5) is 124. The summed E-state index contributed by atoms with van der Waals surface area (Å²) < 4.78 is 5.78. The first-order valence-corrected chi connectivity index (χ1v) is 22.1. The number of nitrogens with zero attached hydrogens (tertiary/aromatic N) is 2. The van der Waals surface area contributed by atoms with E-state index < -0.39 is 120 Å². The molecule has 10 unspecified atom stereocenters. The lowest BCUT2D eigenvalue weighted by atomic mass is 9.94. The lowest BCUT2D eigenvalue weighted by Gasteiger charge is -2.27. The van der Waals surface area contributed by atoms with Crippen molar-refractivity contribution in [2.45, 2.75) is 116 Å². The number of ether oxygens (including phenoxy) is 1. The summed E-state index contributed by atoms with van der Waals surface area (Å²) in [6, 6.07) is 0.986. The third-order valence-corrected chi connectivity index (χ3v) is 11.4. The minimum atomic E-state index is -1.89. The molecule has 68 heavy (non-hydrogen) atoms. The summed E-state index contributed by atoms with van der Waals surface area (Å²) in [6.07, 6.45) is 4.62. The van der Waals surface area contributed by atoms with Crippen LogP contribution in [0.2, 0.25) is 0 Å². The van der Waals surface area contributed by atoms with Gasteiger partial charge in [-0.15, -0.1) is 0 Å². The monoisotopic (exact) mass is 953 g/mol. The molecule has 0 spiro atoms. The summed E-state index contributed by atoms with van der Waals surface area (Å²) in [5.74, 6) is -12.4. The van der Waals surface area contributed by atoms with E-state index in [0.29, 0.717) is 6.42 Å². The van der Waals surface area contributed by atoms with Gasteiger partial charge in [0.2, 0.25) is 35.4 Å². The van der Waals surface area contributed by atoms with E-state index in [1.54, 1.807) is 20.1 Å². The Morgan fingerprint density at radius 3 is 2.04 bits per heavy atom. The van der Waals surface area contributed by atoms with Crippen LogP contribution in [0.3, 0.4) is 0 Å². The van der Waals surface area contributed by atoms with E-state index in [4.69, 9.17) is 16.2 Å². The Morgan fingerprint density at radius 1 is 0.853 bits per heavy atom. The summed E-state index contributed by atoms with van der Waals surface area (Å²) >= 11 is 0. The third kappa shape index (κ3) is 18.3. The second-order valence-corrected chi connectivity index (χ2v) is 16.8. The van der Waals surface area contributed by atoms with Gasteiger partial charge in [-0.1, -0.05) is 81.5 Å². The second kappa shape index (κ2) is 27.5. The van der Waals surface area contributed by atoms with Crippen LogP contribution in [-0.4, -0.2) is 137 Å². The zero-order valence-electron chi connectivity index (χ0n) is 39.9. The number of carboxylic acids is 2. The first kappa shape index (κ1) is 57.0. The molecule has 0 radical (unpaired) electrons. The fourth-order valence-corrected chi connectivity index (χ4v) is 6.89. The molecule has 0 aliphatic carbocycles. The van der Waals surface area contributed by atoms with Crippen molar-refractivity contribution in [2.75, 3.05) is 20.7 Å². The largest absolute Gasteiger partial charge is 0.480 e.